The Morgan fingerprint density at radius 1 is 1.12 bits per heavy atom. The van der Waals surface area contributed by atoms with Crippen LogP contribution in [-0.4, -0.2) is 64.8 Å². The number of hydrogen-bond acceptors (Lipinski definition) is 6. The molecule has 1 aliphatic heterocycles. The summed E-state index contributed by atoms with van der Waals surface area (Å²) in [5, 5.41) is 20.2. The zero-order valence-electron chi connectivity index (χ0n) is 18.0. The van der Waals surface area contributed by atoms with Gasteiger partial charge in [-0.1, -0.05) is 35.5 Å². The number of carboxylic acid groups (broad SMARTS) is 1. The third-order valence-corrected chi connectivity index (χ3v) is 5.50. The number of nitrogens with zero attached hydrogens (tertiary/aromatic N) is 7. The smallest absolute Gasteiger partial charge is 0.475 e. The molecule has 4 heterocycles. The highest BCUT2D eigenvalue weighted by Gasteiger charge is 2.38. The quantitative estimate of drug-likeness (QED) is 0.484. The number of hydrogen-bond donors (Lipinski definition) is 1. The van der Waals surface area contributed by atoms with E-state index in [1.165, 1.54) is 5.56 Å². The Bertz CT molecular complexity index is 1230. The fraction of sp³-hybridized carbons (Fsp3) is 0.318. The van der Waals surface area contributed by atoms with E-state index < -0.39 is 12.1 Å². The molecule has 0 amide bonds. The van der Waals surface area contributed by atoms with E-state index in [1.54, 1.807) is 0 Å². The second kappa shape index (κ2) is 10.00. The number of fused-ring (bicyclic) bond motifs is 1. The summed E-state index contributed by atoms with van der Waals surface area (Å²) < 4.78 is 35.6. The molecule has 0 unspecified atom stereocenters. The number of halogens is 3. The van der Waals surface area contributed by atoms with Crippen molar-refractivity contribution < 1.29 is 23.1 Å². The number of rotatable bonds is 4. The highest BCUT2D eigenvalue weighted by Crippen LogP contribution is 2.25. The van der Waals surface area contributed by atoms with Gasteiger partial charge in [-0.3, -0.25) is 4.90 Å². The highest BCUT2D eigenvalue weighted by atomic mass is 19.4. The van der Waals surface area contributed by atoms with Crippen LogP contribution in [0.25, 0.3) is 16.9 Å². The molecule has 0 atom stereocenters. The second-order valence-corrected chi connectivity index (χ2v) is 7.82. The molecule has 1 aromatic carbocycles. The standard InChI is InChI=1S/C20H21N7.C2HF3O2/c1-2-5-16(6-3-1)19-15-27(24-23-19)18-7-11-25(12-8-18)14-17-13-22-26-10-4-9-21-20(17)26;3-2(4,5)1(6)7/h1-6,9-10,13,15,18H,7-8,11-12,14H2;(H,6,7). The average molecular weight is 473 g/mol. The first-order valence-corrected chi connectivity index (χ1v) is 10.6. The lowest BCUT2D eigenvalue weighted by atomic mass is 10.0. The van der Waals surface area contributed by atoms with Crippen molar-refractivity contribution in [2.75, 3.05) is 13.1 Å². The molecule has 12 heteroatoms. The number of aliphatic carboxylic acids is 1. The van der Waals surface area contributed by atoms with Crippen molar-refractivity contribution in [1.29, 1.82) is 0 Å². The van der Waals surface area contributed by atoms with Gasteiger partial charge in [0.25, 0.3) is 0 Å². The van der Waals surface area contributed by atoms with Gasteiger partial charge < -0.3 is 5.11 Å². The van der Waals surface area contributed by atoms with E-state index in [4.69, 9.17) is 9.90 Å². The normalized spacial score (nSPS) is 15.1. The average Bonchev–Trinajstić information content (AvgIpc) is 3.48. The van der Waals surface area contributed by atoms with Crippen LogP contribution in [0.5, 0.6) is 0 Å². The Kier molecular flexibility index (Phi) is 6.87. The zero-order valence-corrected chi connectivity index (χ0v) is 18.0. The van der Waals surface area contributed by atoms with Crippen molar-refractivity contribution in [2.24, 2.45) is 0 Å². The van der Waals surface area contributed by atoms with Crippen molar-refractivity contribution in [3.8, 4) is 11.3 Å². The van der Waals surface area contributed by atoms with E-state index in [0.717, 1.165) is 49.4 Å². The lowest BCUT2D eigenvalue weighted by Crippen LogP contribution is -2.34. The van der Waals surface area contributed by atoms with Crippen LogP contribution in [0.15, 0.2) is 61.2 Å². The molecule has 9 nitrogen and oxygen atoms in total. The monoisotopic (exact) mass is 473 g/mol. The predicted octanol–water partition coefficient (Wildman–Crippen LogP) is 3.46. The lowest BCUT2D eigenvalue weighted by Gasteiger charge is -2.31. The Hall–Kier alpha value is -3.80. The topological polar surface area (TPSA) is 101 Å². The summed E-state index contributed by atoms with van der Waals surface area (Å²) in [5.41, 5.74) is 4.18. The summed E-state index contributed by atoms with van der Waals surface area (Å²) in [6.45, 7) is 2.96. The second-order valence-electron chi connectivity index (χ2n) is 7.82. The SMILES string of the molecule is O=C(O)C(F)(F)F.c1ccc(-c2cn(C3CCN(Cc4cnn5cccnc45)CC3)nn2)cc1. The number of carboxylic acids is 1. The van der Waals surface area contributed by atoms with E-state index in [9.17, 15) is 13.2 Å². The van der Waals surface area contributed by atoms with Gasteiger partial charge in [0.1, 0.15) is 5.69 Å². The van der Waals surface area contributed by atoms with Crippen LogP contribution in [0.1, 0.15) is 24.4 Å². The molecule has 0 saturated carbocycles. The van der Waals surface area contributed by atoms with E-state index in [-0.39, 0.29) is 0 Å². The van der Waals surface area contributed by atoms with Crippen LogP contribution >= 0.6 is 0 Å². The van der Waals surface area contributed by atoms with Gasteiger partial charge in [-0.15, -0.1) is 5.10 Å². The molecule has 1 N–H and O–H groups in total. The third-order valence-electron chi connectivity index (χ3n) is 5.50. The molecule has 0 spiro atoms. The van der Waals surface area contributed by atoms with E-state index >= 15 is 0 Å². The first kappa shape index (κ1) is 23.4. The molecule has 0 bridgehead atoms. The van der Waals surface area contributed by atoms with Crippen LogP contribution in [0.2, 0.25) is 0 Å². The summed E-state index contributed by atoms with van der Waals surface area (Å²) in [7, 11) is 0. The van der Waals surface area contributed by atoms with E-state index in [0.29, 0.717) is 6.04 Å². The molecular formula is C22H22F3N7O2. The minimum Gasteiger partial charge on any atom is -0.475 e. The van der Waals surface area contributed by atoms with Gasteiger partial charge in [0.15, 0.2) is 5.65 Å². The van der Waals surface area contributed by atoms with Gasteiger partial charge in [0, 0.05) is 43.2 Å². The van der Waals surface area contributed by atoms with Crippen LogP contribution in [0.3, 0.4) is 0 Å². The first-order chi connectivity index (χ1) is 16.3. The maximum atomic E-state index is 10.6. The van der Waals surface area contributed by atoms with Gasteiger partial charge in [-0.05, 0) is 18.9 Å². The van der Waals surface area contributed by atoms with Gasteiger partial charge >= 0.3 is 12.1 Å². The molecule has 5 rings (SSSR count). The summed E-state index contributed by atoms with van der Waals surface area (Å²) in [5.74, 6) is -2.76. The number of carbonyl (C=O) groups is 1. The molecule has 3 aromatic heterocycles. The molecule has 178 valence electrons. The van der Waals surface area contributed by atoms with Crippen LogP contribution in [0.4, 0.5) is 13.2 Å². The summed E-state index contributed by atoms with van der Waals surface area (Å²) in [4.78, 5) is 15.8. The zero-order chi connectivity index (χ0) is 24.1. The minimum atomic E-state index is -5.08. The Morgan fingerprint density at radius 2 is 1.82 bits per heavy atom. The van der Waals surface area contributed by atoms with Gasteiger partial charge in [-0.2, -0.15) is 18.3 Å². The number of alkyl halides is 3. The molecule has 1 fully saturated rings. The molecule has 0 radical (unpaired) electrons. The maximum absolute atomic E-state index is 10.6. The number of piperidine rings is 1. The Labute approximate surface area is 192 Å². The fourth-order valence-corrected chi connectivity index (χ4v) is 3.77. The molecule has 4 aromatic rings. The number of benzene rings is 1. The molecule has 1 aliphatic rings. The lowest BCUT2D eigenvalue weighted by molar-refractivity contribution is -0.192. The van der Waals surface area contributed by atoms with Crippen molar-refractivity contribution in [3.63, 3.8) is 0 Å². The highest BCUT2D eigenvalue weighted by molar-refractivity contribution is 5.73. The maximum Gasteiger partial charge on any atom is 0.490 e. The van der Waals surface area contributed by atoms with Gasteiger partial charge in [-0.25, -0.2) is 19.0 Å². The molecule has 34 heavy (non-hydrogen) atoms. The Morgan fingerprint density at radius 3 is 2.50 bits per heavy atom. The number of likely N-dealkylation sites (tertiary alicyclic amines) is 1. The molecule has 0 aliphatic carbocycles. The number of aromatic nitrogens is 6. The van der Waals surface area contributed by atoms with Crippen molar-refractivity contribution in [1.82, 2.24) is 34.5 Å². The van der Waals surface area contributed by atoms with Crippen molar-refractivity contribution in [2.45, 2.75) is 31.6 Å². The third kappa shape index (κ3) is 5.57. The van der Waals surface area contributed by atoms with Gasteiger partial charge in [0.2, 0.25) is 0 Å². The fourth-order valence-electron chi connectivity index (χ4n) is 3.77. The van der Waals surface area contributed by atoms with E-state index in [1.807, 2.05) is 52.1 Å². The van der Waals surface area contributed by atoms with Crippen molar-refractivity contribution in [3.05, 3.63) is 66.7 Å². The van der Waals surface area contributed by atoms with Crippen molar-refractivity contribution >= 4 is 11.6 Å². The summed E-state index contributed by atoms with van der Waals surface area (Å²) in [6.07, 6.45) is 4.83. The Balaban J connectivity index is 0.000000344. The van der Waals surface area contributed by atoms with Crippen LogP contribution in [-0.2, 0) is 11.3 Å². The molecular weight excluding hydrogens is 451 g/mol. The summed E-state index contributed by atoms with van der Waals surface area (Å²) in [6, 6.07) is 12.5. The predicted molar refractivity (Wildman–Crippen MR) is 116 cm³/mol. The van der Waals surface area contributed by atoms with E-state index in [2.05, 4.69) is 43.6 Å². The van der Waals surface area contributed by atoms with Crippen LogP contribution in [0, 0.1) is 0 Å². The van der Waals surface area contributed by atoms with Gasteiger partial charge in [0.05, 0.1) is 18.4 Å². The molecule has 1 saturated heterocycles. The largest absolute Gasteiger partial charge is 0.490 e. The summed E-state index contributed by atoms with van der Waals surface area (Å²) >= 11 is 0. The first-order valence-electron chi connectivity index (χ1n) is 10.6. The van der Waals surface area contributed by atoms with Crippen LogP contribution < -0.4 is 0 Å². The minimum absolute atomic E-state index is 0.410.